The van der Waals surface area contributed by atoms with Crippen LogP contribution < -0.4 is 5.32 Å². The molecule has 3 fully saturated rings. The molecule has 0 bridgehead atoms. The molecule has 0 aromatic rings. The Morgan fingerprint density at radius 3 is 2.30 bits per heavy atom. The minimum Gasteiger partial charge on any atom is -0.316 e. The SMILES string of the molecule is CC(C)(C)C1CCCCC12CCNCC2C1CCCC1. The molecule has 3 aliphatic rings. The summed E-state index contributed by atoms with van der Waals surface area (Å²) in [6.45, 7) is 10.1. The highest BCUT2D eigenvalue weighted by Gasteiger charge is 2.53. The van der Waals surface area contributed by atoms with Crippen LogP contribution in [-0.2, 0) is 0 Å². The summed E-state index contributed by atoms with van der Waals surface area (Å²) in [4.78, 5) is 0. The standard InChI is InChI=1S/C19H35N/c1-18(2,3)17-10-6-7-11-19(17)12-13-20-14-16(19)15-8-4-5-9-15/h15-17,20H,4-14H2,1-3H3. The van der Waals surface area contributed by atoms with Crippen LogP contribution in [0.3, 0.4) is 0 Å². The van der Waals surface area contributed by atoms with Gasteiger partial charge in [0.1, 0.15) is 0 Å². The molecule has 1 N–H and O–H groups in total. The van der Waals surface area contributed by atoms with Gasteiger partial charge in [-0.25, -0.2) is 0 Å². The van der Waals surface area contributed by atoms with E-state index in [1.807, 2.05) is 0 Å². The van der Waals surface area contributed by atoms with Crippen molar-refractivity contribution in [3.8, 4) is 0 Å². The number of nitrogens with one attached hydrogen (secondary N) is 1. The van der Waals surface area contributed by atoms with Gasteiger partial charge in [0.25, 0.3) is 0 Å². The number of rotatable bonds is 1. The highest BCUT2D eigenvalue weighted by Crippen LogP contribution is 2.59. The highest BCUT2D eigenvalue weighted by atomic mass is 14.9. The molecule has 3 atom stereocenters. The van der Waals surface area contributed by atoms with Gasteiger partial charge in [-0.05, 0) is 60.9 Å². The fraction of sp³-hybridized carbons (Fsp3) is 1.00. The molecule has 3 unspecified atom stereocenters. The van der Waals surface area contributed by atoms with E-state index < -0.39 is 0 Å². The molecule has 116 valence electrons. The van der Waals surface area contributed by atoms with Crippen LogP contribution in [0.1, 0.15) is 78.6 Å². The molecule has 3 rings (SSSR count). The quantitative estimate of drug-likeness (QED) is 0.710. The summed E-state index contributed by atoms with van der Waals surface area (Å²) in [5, 5.41) is 3.76. The second-order valence-corrected chi connectivity index (χ2v) is 9.00. The zero-order chi connectivity index (χ0) is 14.2. The largest absolute Gasteiger partial charge is 0.316 e. The molecular weight excluding hydrogens is 242 g/mol. The van der Waals surface area contributed by atoms with Gasteiger partial charge in [-0.15, -0.1) is 0 Å². The first-order valence-corrected chi connectivity index (χ1v) is 9.25. The molecule has 1 aliphatic heterocycles. The Labute approximate surface area is 126 Å². The third-order valence-electron chi connectivity index (χ3n) is 6.96. The van der Waals surface area contributed by atoms with Gasteiger partial charge in [0.15, 0.2) is 0 Å². The van der Waals surface area contributed by atoms with Crippen molar-refractivity contribution < 1.29 is 0 Å². The van der Waals surface area contributed by atoms with Gasteiger partial charge in [0.2, 0.25) is 0 Å². The van der Waals surface area contributed by atoms with E-state index in [-0.39, 0.29) is 0 Å². The van der Waals surface area contributed by atoms with E-state index in [0.717, 1.165) is 17.8 Å². The first-order chi connectivity index (χ1) is 9.54. The van der Waals surface area contributed by atoms with Crippen molar-refractivity contribution in [1.29, 1.82) is 0 Å². The van der Waals surface area contributed by atoms with E-state index in [9.17, 15) is 0 Å². The third-order valence-corrected chi connectivity index (χ3v) is 6.96. The highest BCUT2D eigenvalue weighted by molar-refractivity contribution is 5.03. The van der Waals surface area contributed by atoms with Crippen molar-refractivity contribution in [2.75, 3.05) is 13.1 Å². The molecule has 1 heterocycles. The molecule has 1 saturated heterocycles. The van der Waals surface area contributed by atoms with Crippen molar-refractivity contribution in [2.24, 2.45) is 28.6 Å². The molecule has 2 aliphatic carbocycles. The van der Waals surface area contributed by atoms with Gasteiger partial charge in [0.05, 0.1) is 0 Å². The lowest BCUT2D eigenvalue weighted by atomic mass is 9.49. The fourth-order valence-electron chi connectivity index (χ4n) is 6.27. The molecule has 0 aromatic carbocycles. The van der Waals surface area contributed by atoms with Gasteiger partial charge in [0, 0.05) is 0 Å². The molecule has 2 saturated carbocycles. The van der Waals surface area contributed by atoms with Gasteiger partial charge in [-0.1, -0.05) is 59.3 Å². The van der Waals surface area contributed by atoms with Gasteiger partial charge < -0.3 is 5.32 Å². The lowest BCUT2D eigenvalue weighted by Crippen LogP contribution is -2.55. The van der Waals surface area contributed by atoms with Crippen LogP contribution in [0.15, 0.2) is 0 Å². The van der Waals surface area contributed by atoms with Crippen molar-refractivity contribution in [2.45, 2.75) is 78.6 Å². The minimum absolute atomic E-state index is 0.495. The summed E-state index contributed by atoms with van der Waals surface area (Å²) in [7, 11) is 0. The molecule has 0 aromatic heterocycles. The van der Waals surface area contributed by atoms with Gasteiger partial charge in [-0.3, -0.25) is 0 Å². The zero-order valence-corrected chi connectivity index (χ0v) is 14.0. The van der Waals surface area contributed by atoms with Crippen LogP contribution in [0.4, 0.5) is 0 Å². The van der Waals surface area contributed by atoms with Crippen LogP contribution in [0.25, 0.3) is 0 Å². The summed E-state index contributed by atoms with van der Waals surface area (Å²) in [6, 6.07) is 0. The zero-order valence-electron chi connectivity index (χ0n) is 14.0. The first-order valence-electron chi connectivity index (χ1n) is 9.25. The van der Waals surface area contributed by atoms with Gasteiger partial charge >= 0.3 is 0 Å². The monoisotopic (exact) mass is 277 g/mol. The Balaban J connectivity index is 1.90. The number of hydrogen-bond acceptors (Lipinski definition) is 1. The number of piperidine rings is 1. The Morgan fingerprint density at radius 1 is 0.900 bits per heavy atom. The van der Waals surface area contributed by atoms with E-state index in [1.54, 1.807) is 0 Å². The van der Waals surface area contributed by atoms with Crippen molar-refractivity contribution in [1.82, 2.24) is 5.32 Å². The summed E-state index contributed by atoms with van der Waals surface area (Å²) < 4.78 is 0. The second-order valence-electron chi connectivity index (χ2n) is 9.00. The maximum Gasteiger partial charge on any atom is -0.00124 e. The molecule has 0 radical (unpaired) electrons. The van der Waals surface area contributed by atoms with E-state index in [2.05, 4.69) is 26.1 Å². The smallest absolute Gasteiger partial charge is 0.00124 e. The fourth-order valence-corrected chi connectivity index (χ4v) is 6.27. The second kappa shape index (κ2) is 5.63. The Kier molecular flexibility index (Phi) is 4.19. The normalized spacial score (nSPS) is 40.4. The summed E-state index contributed by atoms with van der Waals surface area (Å²) >= 11 is 0. The topological polar surface area (TPSA) is 12.0 Å². The minimum atomic E-state index is 0.495. The Bertz CT molecular complexity index is 317. The lowest BCUT2D eigenvalue weighted by Gasteiger charge is -2.58. The average Bonchev–Trinajstić information content (AvgIpc) is 2.92. The molecular formula is C19H35N. The van der Waals surface area contributed by atoms with Crippen LogP contribution in [0.5, 0.6) is 0 Å². The average molecular weight is 277 g/mol. The Morgan fingerprint density at radius 2 is 1.60 bits per heavy atom. The summed E-state index contributed by atoms with van der Waals surface area (Å²) in [5.41, 5.74) is 1.17. The number of hydrogen-bond donors (Lipinski definition) is 1. The summed E-state index contributed by atoms with van der Waals surface area (Å²) in [5.74, 6) is 2.96. The van der Waals surface area contributed by atoms with Crippen molar-refractivity contribution in [3.05, 3.63) is 0 Å². The van der Waals surface area contributed by atoms with Crippen LogP contribution in [0.2, 0.25) is 0 Å². The van der Waals surface area contributed by atoms with E-state index in [4.69, 9.17) is 0 Å². The van der Waals surface area contributed by atoms with Crippen molar-refractivity contribution >= 4 is 0 Å². The predicted molar refractivity (Wildman–Crippen MR) is 86.8 cm³/mol. The van der Waals surface area contributed by atoms with E-state index in [1.165, 1.54) is 70.9 Å². The molecule has 1 spiro atoms. The molecule has 0 amide bonds. The molecule has 20 heavy (non-hydrogen) atoms. The predicted octanol–water partition coefficient (Wildman–Crippen LogP) is 5.01. The third kappa shape index (κ3) is 2.56. The van der Waals surface area contributed by atoms with Crippen LogP contribution in [-0.4, -0.2) is 13.1 Å². The van der Waals surface area contributed by atoms with Crippen LogP contribution in [0, 0.1) is 28.6 Å². The lowest BCUT2D eigenvalue weighted by molar-refractivity contribution is -0.0757. The Hall–Kier alpha value is -0.0400. The summed E-state index contributed by atoms with van der Waals surface area (Å²) in [6.07, 6.45) is 13.5. The maximum atomic E-state index is 3.76. The van der Waals surface area contributed by atoms with E-state index >= 15 is 0 Å². The molecule has 1 nitrogen and oxygen atoms in total. The van der Waals surface area contributed by atoms with E-state index in [0.29, 0.717) is 10.8 Å². The van der Waals surface area contributed by atoms with Gasteiger partial charge in [-0.2, -0.15) is 0 Å². The van der Waals surface area contributed by atoms with Crippen molar-refractivity contribution in [3.63, 3.8) is 0 Å². The van der Waals surface area contributed by atoms with Crippen LogP contribution >= 0.6 is 0 Å². The molecule has 1 heteroatoms. The first kappa shape index (κ1) is 14.9. The maximum absolute atomic E-state index is 3.76.